The van der Waals surface area contributed by atoms with Crippen LogP contribution >= 0.6 is 11.6 Å². The van der Waals surface area contributed by atoms with Crippen molar-refractivity contribution in [2.45, 2.75) is 65.5 Å². The van der Waals surface area contributed by atoms with Crippen LogP contribution in [0.4, 0.5) is 0 Å². The van der Waals surface area contributed by atoms with Crippen molar-refractivity contribution in [2.24, 2.45) is 0 Å². The van der Waals surface area contributed by atoms with E-state index in [1.165, 1.54) is 4.62 Å². The van der Waals surface area contributed by atoms with E-state index in [4.69, 9.17) is 11.6 Å². The van der Waals surface area contributed by atoms with Gasteiger partial charge in [-0.2, -0.15) is 0 Å². The Bertz CT molecular complexity index is 236. The maximum Gasteiger partial charge on any atom is 1.00 e. The Labute approximate surface area is 130 Å². The van der Waals surface area contributed by atoms with Crippen molar-refractivity contribution in [2.75, 3.05) is 0 Å². The van der Waals surface area contributed by atoms with Crippen molar-refractivity contribution < 1.29 is 18.9 Å². The minimum Gasteiger partial charge on any atom is -0.350 e. The summed E-state index contributed by atoms with van der Waals surface area (Å²) in [5.74, 6) is 0. The third-order valence-corrected chi connectivity index (χ3v) is 54.3. The van der Waals surface area contributed by atoms with Gasteiger partial charge in [0.2, 0.25) is 0 Å². The van der Waals surface area contributed by atoms with Gasteiger partial charge >= 0.3 is 18.9 Å². The Kier molecular flexibility index (Phi) is 7.47. The van der Waals surface area contributed by atoms with Crippen LogP contribution in [0.1, 0.15) is 0 Å². The average molecular weight is 317 g/mol. The minimum atomic E-state index is -1.37. The fourth-order valence-corrected chi connectivity index (χ4v) is 61.7. The molecule has 0 unspecified atom stereocenters. The molecule has 0 bridgehead atoms. The summed E-state index contributed by atoms with van der Waals surface area (Å²) in [6, 6.07) is 0. The third-order valence-electron chi connectivity index (χ3n) is 4.10. The molecule has 0 N–H and O–H groups in total. The molecule has 0 atom stereocenters. The molecule has 0 rings (SSSR count). The molecule has 0 heterocycles. The minimum absolute atomic E-state index is 0. The van der Waals surface area contributed by atoms with Gasteiger partial charge in [-0.3, -0.25) is 0 Å². The van der Waals surface area contributed by atoms with E-state index in [0.717, 1.165) is 0 Å². The van der Waals surface area contributed by atoms with Crippen LogP contribution in [0.5, 0.6) is 0 Å². The summed E-state index contributed by atoms with van der Waals surface area (Å²) in [5.41, 5.74) is 0. The largest absolute Gasteiger partial charge is 1.00 e. The molecule has 0 amide bonds. The van der Waals surface area contributed by atoms with Crippen LogP contribution in [-0.4, -0.2) is 30.4 Å². The predicted molar refractivity (Wildman–Crippen MR) is 90.8 cm³/mol. The van der Waals surface area contributed by atoms with Crippen LogP contribution in [0.15, 0.2) is 0 Å². The monoisotopic (exact) mass is 316 g/mol. The van der Waals surface area contributed by atoms with Crippen molar-refractivity contribution in [3.63, 3.8) is 0 Å². The van der Waals surface area contributed by atoms with Crippen LogP contribution in [0.25, 0.3) is 0 Å². The molecule has 0 nitrogen and oxygen atoms in total. The van der Waals surface area contributed by atoms with Crippen molar-refractivity contribution in [3.05, 3.63) is 4.62 Å². The van der Waals surface area contributed by atoms with Gasteiger partial charge in [0, 0.05) is 15.2 Å². The van der Waals surface area contributed by atoms with Gasteiger partial charge in [-0.25, -0.2) is 4.62 Å². The van der Waals surface area contributed by atoms with E-state index in [1.54, 1.807) is 0 Å². The van der Waals surface area contributed by atoms with Crippen LogP contribution in [0, 0.1) is 4.62 Å². The Hall–Kier alpha value is 1.75. The first-order valence-electron chi connectivity index (χ1n) is 6.19. The second kappa shape index (κ2) is 6.03. The molecule has 0 saturated heterocycles. The normalized spacial score (nSPS) is 14.8. The zero-order valence-corrected chi connectivity index (χ0v) is 18.6. The topological polar surface area (TPSA) is 0 Å². The maximum absolute atomic E-state index is 6.94. The van der Waals surface area contributed by atoms with Gasteiger partial charge < -0.3 is 11.6 Å². The van der Waals surface area contributed by atoms with Gasteiger partial charge in [0.1, 0.15) is 0 Å². The zero-order chi connectivity index (χ0) is 13.6. The molecular weight excluding hydrogens is 287 g/mol. The smallest absolute Gasteiger partial charge is 0.350 e. The van der Waals surface area contributed by atoms with E-state index in [2.05, 4.69) is 65.5 Å². The molecular formula is C11H30ClLiSi4. The molecule has 0 aliphatic heterocycles. The van der Waals surface area contributed by atoms with E-state index in [0.29, 0.717) is 0 Å². The standard InChI is InChI=1S/C11H30ClSi4.Li/c1-13(2,3)11(12)16(10,14(4,5)6)15(7,8)9;/h1-10H3;/q-1;+1. The second-order valence-corrected chi connectivity index (χ2v) is 43.0. The van der Waals surface area contributed by atoms with Gasteiger partial charge in [0.05, 0.1) is 0 Å². The summed E-state index contributed by atoms with van der Waals surface area (Å²) >= 11 is 6.94. The molecule has 0 saturated carbocycles. The number of hydrogen-bond acceptors (Lipinski definition) is 0. The van der Waals surface area contributed by atoms with Crippen molar-refractivity contribution in [3.8, 4) is 0 Å². The first kappa shape index (κ1) is 21.1. The van der Waals surface area contributed by atoms with Crippen molar-refractivity contribution in [1.82, 2.24) is 0 Å². The predicted octanol–water partition coefficient (Wildman–Crippen LogP) is 2.09. The number of hydrogen-bond donors (Lipinski definition) is 0. The van der Waals surface area contributed by atoms with Gasteiger partial charge in [-0.1, -0.05) is 80.7 Å². The Morgan fingerprint density at radius 2 is 0.882 bits per heavy atom. The van der Waals surface area contributed by atoms with Gasteiger partial charge in [0.25, 0.3) is 0 Å². The first-order valence-corrected chi connectivity index (χ1v) is 21.6. The van der Waals surface area contributed by atoms with E-state index in [-0.39, 0.29) is 18.9 Å². The van der Waals surface area contributed by atoms with E-state index in [9.17, 15) is 0 Å². The molecule has 0 fully saturated rings. The SMILES string of the molecule is C[Si](C)(C)[C-](Cl)[Si](C)([Si](C)(C)C)[Si](C)(C)C.[Li+]. The van der Waals surface area contributed by atoms with Gasteiger partial charge in [-0.05, 0) is 0 Å². The van der Waals surface area contributed by atoms with Crippen LogP contribution in [0.3, 0.4) is 0 Å². The zero-order valence-electron chi connectivity index (χ0n) is 13.9. The summed E-state index contributed by atoms with van der Waals surface area (Å²) in [6.07, 6.45) is 0. The van der Waals surface area contributed by atoms with Crippen LogP contribution in [-0.2, 0) is 0 Å². The van der Waals surface area contributed by atoms with Gasteiger partial charge in [-0.15, -0.1) is 0 Å². The van der Waals surface area contributed by atoms with Crippen molar-refractivity contribution in [1.29, 1.82) is 0 Å². The molecule has 98 valence electrons. The average Bonchev–Trinajstić information content (AvgIpc) is 1.95. The Morgan fingerprint density at radius 1 is 0.647 bits per heavy atom. The molecule has 0 spiro atoms. The van der Waals surface area contributed by atoms with Crippen LogP contribution in [0.2, 0.25) is 65.5 Å². The van der Waals surface area contributed by atoms with Gasteiger partial charge in [0.15, 0.2) is 0 Å². The molecule has 0 aromatic rings. The van der Waals surface area contributed by atoms with Crippen LogP contribution < -0.4 is 18.9 Å². The molecule has 17 heavy (non-hydrogen) atoms. The molecule has 0 radical (unpaired) electrons. The van der Waals surface area contributed by atoms with E-state index < -0.39 is 30.4 Å². The Morgan fingerprint density at radius 3 is 0.941 bits per heavy atom. The fraction of sp³-hybridized carbons (Fsp3) is 0.909. The third kappa shape index (κ3) is 4.37. The molecule has 0 aliphatic carbocycles. The van der Waals surface area contributed by atoms with E-state index in [1.807, 2.05) is 0 Å². The molecule has 0 aromatic carbocycles. The first-order chi connectivity index (χ1) is 6.65. The molecule has 0 aromatic heterocycles. The molecule has 0 aliphatic rings. The number of halogens is 1. The Balaban J connectivity index is 0. The second-order valence-electron chi connectivity index (χ2n) is 8.19. The fourth-order valence-electron chi connectivity index (χ4n) is 2.53. The molecule has 6 heteroatoms. The van der Waals surface area contributed by atoms with Crippen molar-refractivity contribution >= 4 is 42.0 Å². The summed E-state index contributed by atoms with van der Waals surface area (Å²) in [7, 11) is -4.98. The summed E-state index contributed by atoms with van der Waals surface area (Å²) in [6.45, 7) is 25.1. The quantitative estimate of drug-likeness (QED) is 0.550. The maximum atomic E-state index is 6.94. The van der Waals surface area contributed by atoms with E-state index >= 15 is 0 Å². The number of rotatable bonds is 4. The summed E-state index contributed by atoms with van der Waals surface area (Å²) < 4.78 is 1.48. The summed E-state index contributed by atoms with van der Waals surface area (Å²) in [5, 5.41) is 0. The summed E-state index contributed by atoms with van der Waals surface area (Å²) in [4.78, 5) is 0.